The molecule has 0 saturated carbocycles. The van der Waals surface area contributed by atoms with E-state index in [1.165, 1.54) is 18.4 Å². The van der Waals surface area contributed by atoms with E-state index in [4.69, 9.17) is 0 Å². The van der Waals surface area contributed by atoms with Crippen LogP contribution in [0.4, 0.5) is 0 Å². The van der Waals surface area contributed by atoms with Crippen molar-refractivity contribution in [3.8, 4) is 0 Å². The van der Waals surface area contributed by atoms with Crippen molar-refractivity contribution in [2.75, 3.05) is 20.1 Å². The number of hydrogen-bond donors (Lipinski definition) is 1. The first kappa shape index (κ1) is 15.7. The van der Waals surface area contributed by atoms with Crippen LogP contribution >= 0.6 is 0 Å². The van der Waals surface area contributed by atoms with Gasteiger partial charge in [0.05, 0.1) is 0 Å². The van der Waals surface area contributed by atoms with Gasteiger partial charge in [0, 0.05) is 24.7 Å². The Morgan fingerprint density at radius 2 is 1.75 bits per heavy atom. The standard InChI is InChI=1S/C14H30N2/c1-8-13(9-2)16(7)11-12(3)10-15-14(4,5)6/h13,15H,3,8-11H2,1-2,4-7H3. The van der Waals surface area contributed by atoms with Crippen LogP contribution in [0.1, 0.15) is 47.5 Å². The third-order valence-corrected chi connectivity index (χ3v) is 2.91. The largest absolute Gasteiger partial charge is 0.308 e. The Bertz CT molecular complexity index is 199. The summed E-state index contributed by atoms with van der Waals surface area (Å²) in [5, 5.41) is 3.48. The third kappa shape index (κ3) is 7.02. The molecule has 0 bridgehead atoms. The summed E-state index contributed by atoms with van der Waals surface area (Å²) in [6, 6.07) is 0.686. The molecule has 0 amide bonds. The minimum Gasteiger partial charge on any atom is -0.308 e. The second-order valence-corrected chi connectivity index (χ2v) is 5.74. The maximum atomic E-state index is 4.14. The molecule has 0 aliphatic heterocycles. The van der Waals surface area contributed by atoms with Crippen molar-refractivity contribution in [3.05, 3.63) is 12.2 Å². The molecule has 2 heteroatoms. The van der Waals surface area contributed by atoms with Crippen LogP contribution in [-0.2, 0) is 0 Å². The fourth-order valence-corrected chi connectivity index (χ4v) is 1.84. The van der Waals surface area contributed by atoms with E-state index in [9.17, 15) is 0 Å². The van der Waals surface area contributed by atoms with Gasteiger partial charge in [0.1, 0.15) is 0 Å². The lowest BCUT2D eigenvalue weighted by atomic mass is 10.1. The van der Waals surface area contributed by atoms with Crippen molar-refractivity contribution >= 4 is 0 Å². The lowest BCUT2D eigenvalue weighted by Crippen LogP contribution is -2.39. The molecule has 0 spiro atoms. The maximum absolute atomic E-state index is 4.14. The first-order chi connectivity index (χ1) is 7.30. The molecule has 0 saturated heterocycles. The van der Waals surface area contributed by atoms with Crippen LogP contribution in [0.3, 0.4) is 0 Å². The van der Waals surface area contributed by atoms with Crippen LogP contribution in [0.25, 0.3) is 0 Å². The molecule has 0 aromatic carbocycles. The molecule has 0 aromatic rings. The number of nitrogens with zero attached hydrogens (tertiary/aromatic N) is 1. The second-order valence-electron chi connectivity index (χ2n) is 5.74. The smallest absolute Gasteiger partial charge is 0.0202 e. The van der Waals surface area contributed by atoms with Crippen LogP contribution in [0.15, 0.2) is 12.2 Å². The second kappa shape index (κ2) is 7.08. The first-order valence-electron chi connectivity index (χ1n) is 6.42. The number of hydrogen-bond acceptors (Lipinski definition) is 2. The highest BCUT2D eigenvalue weighted by molar-refractivity contribution is 5.01. The molecule has 0 aromatic heterocycles. The molecular weight excluding hydrogens is 196 g/mol. The molecule has 0 fully saturated rings. The highest BCUT2D eigenvalue weighted by Crippen LogP contribution is 2.08. The van der Waals surface area contributed by atoms with Gasteiger partial charge in [0.25, 0.3) is 0 Å². The van der Waals surface area contributed by atoms with Crippen molar-refractivity contribution < 1.29 is 0 Å². The van der Waals surface area contributed by atoms with Crippen molar-refractivity contribution in [1.82, 2.24) is 10.2 Å². The van der Waals surface area contributed by atoms with Gasteiger partial charge in [0.15, 0.2) is 0 Å². The zero-order chi connectivity index (χ0) is 12.8. The summed E-state index contributed by atoms with van der Waals surface area (Å²) in [6.07, 6.45) is 2.43. The fraction of sp³-hybridized carbons (Fsp3) is 0.857. The SMILES string of the molecule is C=C(CNC(C)(C)C)CN(C)C(CC)CC. The molecule has 0 radical (unpaired) electrons. The van der Waals surface area contributed by atoms with Gasteiger partial charge in [-0.3, -0.25) is 4.90 Å². The molecule has 96 valence electrons. The van der Waals surface area contributed by atoms with Crippen molar-refractivity contribution in [2.45, 2.75) is 59.0 Å². The van der Waals surface area contributed by atoms with Crippen LogP contribution in [0.5, 0.6) is 0 Å². The normalized spacial score (nSPS) is 12.5. The van der Waals surface area contributed by atoms with E-state index >= 15 is 0 Å². The van der Waals surface area contributed by atoms with Crippen LogP contribution in [-0.4, -0.2) is 36.6 Å². The Morgan fingerprint density at radius 3 is 2.12 bits per heavy atom. The predicted molar refractivity (Wildman–Crippen MR) is 73.9 cm³/mol. The lowest BCUT2D eigenvalue weighted by molar-refractivity contribution is 0.245. The Hall–Kier alpha value is -0.340. The molecule has 1 N–H and O–H groups in total. The van der Waals surface area contributed by atoms with Gasteiger partial charge in [-0.25, -0.2) is 0 Å². The summed E-state index contributed by atoms with van der Waals surface area (Å²) in [5.41, 5.74) is 1.44. The summed E-state index contributed by atoms with van der Waals surface area (Å²) in [4.78, 5) is 2.41. The zero-order valence-corrected chi connectivity index (χ0v) is 12.1. The Labute approximate surface area is 102 Å². The van der Waals surface area contributed by atoms with Gasteiger partial charge in [-0.2, -0.15) is 0 Å². The van der Waals surface area contributed by atoms with E-state index in [-0.39, 0.29) is 5.54 Å². The Kier molecular flexibility index (Phi) is 6.93. The number of rotatable bonds is 7. The minimum absolute atomic E-state index is 0.177. The maximum Gasteiger partial charge on any atom is 0.0202 e. The highest BCUT2D eigenvalue weighted by atomic mass is 15.1. The van der Waals surface area contributed by atoms with Gasteiger partial charge in [-0.1, -0.05) is 20.4 Å². The summed E-state index contributed by atoms with van der Waals surface area (Å²) in [5.74, 6) is 0. The van der Waals surface area contributed by atoms with E-state index in [1.54, 1.807) is 0 Å². The Morgan fingerprint density at radius 1 is 1.25 bits per heavy atom. The van der Waals surface area contributed by atoms with E-state index in [2.05, 4.69) is 58.5 Å². The van der Waals surface area contributed by atoms with E-state index in [1.807, 2.05) is 0 Å². The molecule has 0 rings (SSSR count). The molecule has 16 heavy (non-hydrogen) atoms. The summed E-state index contributed by atoms with van der Waals surface area (Å²) < 4.78 is 0. The van der Waals surface area contributed by atoms with Gasteiger partial charge >= 0.3 is 0 Å². The van der Waals surface area contributed by atoms with Crippen molar-refractivity contribution in [1.29, 1.82) is 0 Å². The quantitative estimate of drug-likeness (QED) is 0.671. The number of nitrogens with one attached hydrogen (secondary N) is 1. The summed E-state index contributed by atoms with van der Waals surface area (Å²) in [7, 11) is 2.19. The van der Waals surface area contributed by atoms with Crippen molar-refractivity contribution in [3.63, 3.8) is 0 Å². The molecule has 0 aliphatic carbocycles. The molecule has 2 nitrogen and oxygen atoms in total. The molecule has 0 atom stereocenters. The molecule has 0 unspecified atom stereocenters. The Balaban J connectivity index is 3.95. The van der Waals surface area contributed by atoms with Crippen LogP contribution in [0.2, 0.25) is 0 Å². The molecule has 0 aliphatic rings. The van der Waals surface area contributed by atoms with E-state index < -0.39 is 0 Å². The highest BCUT2D eigenvalue weighted by Gasteiger charge is 2.13. The summed E-state index contributed by atoms with van der Waals surface area (Å²) >= 11 is 0. The van der Waals surface area contributed by atoms with E-state index in [0.717, 1.165) is 13.1 Å². The predicted octanol–water partition coefficient (Wildman–Crippen LogP) is 3.05. The van der Waals surface area contributed by atoms with Crippen LogP contribution < -0.4 is 5.32 Å². The average Bonchev–Trinajstić information content (AvgIpc) is 2.15. The topological polar surface area (TPSA) is 15.3 Å². The average molecular weight is 226 g/mol. The lowest BCUT2D eigenvalue weighted by Gasteiger charge is -2.28. The van der Waals surface area contributed by atoms with Gasteiger partial charge in [0.2, 0.25) is 0 Å². The van der Waals surface area contributed by atoms with Gasteiger partial charge in [-0.05, 0) is 46.2 Å². The first-order valence-corrected chi connectivity index (χ1v) is 6.42. The van der Waals surface area contributed by atoms with Gasteiger partial charge in [-0.15, -0.1) is 0 Å². The third-order valence-electron chi connectivity index (χ3n) is 2.91. The minimum atomic E-state index is 0.177. The summed E-state index contributed by atoms with van der Waals surface area (Å²) in [6.45, 7) is 17.1. The van der Waals surface area contributed by atoms with Crippen LogP contribution in [0, 0.1) is 0 Å². The molecular formula is C14H30N2. The van der Waals surface area contributed by atoms with E-state index in [0.29, 0.717) is 6.04 Å². The van der Waals surface area contributed by atoms with Crippen molar-refractivity contribution in [2.24, 2.45) is 0 Å². The number of likely N-dealkylation sites (N-methyl/N-ethyl adjacent to an activating group) is 1. The molecule has 0 heterocycles. The monoisotopic (exact) mass is 226 g/mol. The zero-order valence-electron chi connectivity index (χ0n) is 12.1. The van der Waals surface area contributed by atoms with Gasteiger partial charge < -0.3 is 5.32 Å². The fourth-order valence-electron chi connectivity index (χ4n) is 1.84.